The second kappa shape index (κ2) is 9.41. The summed E-state index contributed by atoms with van der Waals surface area (Å²) in [6.07, 6.45) is 1.53. The maximum Gasteiger partial charge on any atom is 0.263 e. The van der Waals surface area contributed by atoms with E-state index in [0.29, 0.717) is 13.1 Å². The van der Waals surface area contributed by atoms with Crippen molar-refractivity contribution < 1.29 is 22.7 Å². The fourth-order valence-electron chi connectivity index (χ4n) is 3.92. The number of halogens is 2. The Hall–Kier alpha value is -3.10. The number of carbonyl (C=O) groups is 1. The number of carbonyl (C=O) groups excluding carboxylic acids is 1. The van der Waals surface area contributed by atoms with Crippen LogP contribution in [0, 0.1) is 5.82 Å². The van der Waals surface area contributed by atoms with E-state index >= 15 is 0 Å². The van der Waals surface area contributed by atoms with Gasteiger partial charge in [-0.15, -0.1) is 0 Å². The molecule has 0 saturated carbocycles. The van der Waals surface area contributed by atoms with Gasteiger partial charge in [0.05, 0.1) is 5.02 Å². The molecule has 0 atom stereocenters. The quantitative estimate of drug-likeness (QED) is 0.528. The summed E-state index contributed by atoms with van der Waals surface area (Å²) in [7, 11) is -4.09. The fraction of sp³-hybridized carbons (Fsp3) is 0.208. The lowest BCUT2D eigenvalue weighted by molar-refractivity contribution is 0.0712. The lowest BCUT2D eigenvalue weighted by Gasteiger charge is -2.32. The first kappa shape index (κ1) is 23.1. The molecule has 0 aromatic heterocycles. The molecule has 1 amide bonds. The highest BCUT2D eigenvalue weighted by atomic mass is 35.5. The van der Waals surface area contributed by atoms with Crippen LogP contribution in [0.3, 0.4) is 0 Å². The van der Waals surface area contributed by atoms with Crippen LogP contribution in [0.2, 0.25) is 5.02 Å². The number of hydrogen-bond donors (Lipinski definition) is 2. The summed E-state index contributed by atoms with van der Waals surface area (Å²) in [6, 6.07) is 16.1. The number of sulfonamides is 1. The van der Waals surface area contributed by atoms with Gasteiger partial charge in [0.1, 0.15) is 16.5 Å². The number of piperidine rings is 1. The predicted octanol–water partition coefficient (Wildman–Crippen LogP) is 5.01. The number of nitrogens with zero attached hydrogens (tertiary/aromatic N) is 1. The number of anilines is 1. The van der Waals surface area contributed by atoms with Gasteiger partial charge in [-0.1, -0.05) is 23.7 Å². The van der Waals surface area contributed by atoms with Crippen LogP contribution in [0.25, 0.3) is 0 Å². The summed E-state index contributed by atoms with van der Waals surface area (Å²) in [5, 5.41) is 9.44. The standard InChI is InChI=1S/C24H22ClFN2O4S/c25-22-10-3-18(15-23(22)33(31,32)27-20-6-4-19(26)5-7-20)24(30)28-13-11-17(12-14-28)16-1-8-21(29)9-2-16/h1-10,15,17,27,29H,11-14H2. The number of aromatic hydroxyl groups is 1. The van der Waals surface area contributed by atoms with E-state index in [1.54, 1.807) is 17.0 Å². The Morgan fingerprint density at radius 3 is 2.27 bits per heavy atom. The number of nitrogens with one attached hydrogen (secondary N) is 1. The number of amides is 1. The molecule has 33 heavy (non-hydrogen) atoms. The van der Waals surface area contributed by atoms with E-state index in [4.69, 9.17) is 11.6 Å². The van der Waals surface area contributed by atoms with Crippen molar-refractivity contribution in [1.82, 2.24) is 4.90 Å². The first-order valence-corrected chi connectivity index (χ1v) is 12.3. The Kier molecular flexibility index (Phi) is 6.58. The number of benzene rings is 3. The monoisotopic (exact) mass is 488 g/mol. The molecule has 1 heterocycles. The highest BCUT2D eigenvalue weighted by Gasteiger charge is 2.26. The lowest BCUT2D eigenvalue weighted by atomic mass is 9.89. The third kappa shape index (κ3) is 5.29. The second-order valence-corrected chi connectivity index (χ2v) is 9.97. The summed E-state index contributed by atoms with van der Waals surface area (Å²) < 4.78 is 41.2. The van der Waals surface area contributed by atoms with Crippen LogP contribution in [0.5, 0.6) is 5.75 Å². The van der Waals surface area contributed by atoms with E-state index in [-0.39, 0.29) is 38.7 Å². The van der Waals surface area contributed by atoms with Crippen molar-refractivity contribution in [2.45, 2.75) is 23.7 Å². The zero-order valence-corrected chi connectivity index (χ0v) is 19.1. The van der Waals surface area contributed by atoms with Gasteiger partial charge in [-0.2, -0.15) is 0 Å². The third-order valence-electron chi connectivity index (χ3n) is 5.71. The van der Waals surface area contributed by atoms with Crippen LogP contribution in [0.15, 0.2) is 71.6 Å². The van der Waals surface area contributed by atoms with E-state index in [2.05, 4.69) is 4.72 Å². The molecule has 4 rings (SSSR count). The van der Waals surface area contributed by atoms with Crippen LogP contribution in [-0.2, 0) is 10.0 Å². The van der Waals surface area contributed by atoms with Crippen LogP contribution in [0.4, 0.5) is 10.1 Å². The SMILES string of the molecule is O=C(c1ccc(Cl)c(S(=O)(=O)Nc2ccc(F)cc2)c1)N1CCC(c2ccc(O)cc2)CC1. The van der Waals surface area contributed by atoms with Gasteiger partial charge in [0.15, 0.2) is 0 Å². The number of phenols is 1. The third-order valence-corrected chi connectivity index (χ3v) is 7.57. The minimum absolute atomic E-state index is 0.0211. The first-order valence-electron chi connectivity index (χ1n) is 10.4. The highest BCUT2D eigenvalue weighted by molar-refractivity contribution is 7.92. The summed E-state index contributed by atoms with van der Waals surface area (Å²) >= 11 is 6.14. The van der Waals surface area contributed by atoms with Gasteiger partial charge < -0.3 is 10.0 Å². The highest BCUT2D eigenvalue weighted by Crippen LogP contribution is 2.31. The molecule has 1 fully saturated rings. The normalized spacial score (nSPS) is 14.8. The molecule has 9 heteroatoms. The molecular formula is C24H22ClFN2O4S. The van der Waals surface area contributed by atoms with Gasteiger partial charge in [0.25, 0.3) is 15.9 Å². The minimum atomic E-state index is -4.09. The summed E-state index contributed by atoms with van der Waals surface area (Å²) in [5.41, 5.74) is 1.52. The summed E-state index contributed by atoms with van der Waals surface area (Å²) in [6.45, 7) is 1.06. The van der Waals surface area contributed by atoms with Crippen LogP contribution in [0.1, 0.15) is 34.7 Å². The Balaban J connectivity index is 1.48. The van der Waals surface area contributed by atoms with Gasteiger partial charge in [0.2, 0.25) is 0 Å². The van der Waals surface area contributed by atoms with E-state index in [9.17, 15) is 22.7 Å². The second-order valence-electron chi connectivity index (χ2n) is 7.92. The van der Waals surface area contributed by atoms with Crippen molar-refractivity contribution in [3.05, 3.63) is 88.7 Å². The molecule has 1 saturated heterocycles. The molecule has 6 nitrogen and oxygen atoms in total. The van der Waals surface area contributed by atoms with Crippen LogP contribution in [-0.4, -0.2) is 37.4 Å². The molecule has 172 valence electrons. The molecule has 3 aromatic rings. The van der Waals surface area contributed by atoms with Crippen molar-refractivity contribution in [2.24, 2.45) is 0 Å². The Morgan fingerprint density at radius 1 is 1.00 bits per heavy atom. The fourth-order valence-corrected chi connectivity index (χ4v) is 5.50. The minimum Gasteiger partial charge on any atom is -0.508 e. The Bertz CT molecular complexity index is 1260. The zero-order chi connectivity index (χ0) is 23.6. The van der Waals surface area contributed by atoms with Crippen molar-refractivity contribution in [3.63, 3.8) is 0 Å². The molecule has 3 aromatic carbocycles. The van der Waals surface area contributed by atoms with Crippen LogP contribution < -0.4 is 4.72 Å². The van der Waals surface area contributed by atoms with E-state index in [0.717, 1.165) is 30.5 Å². The van der Waals surface area contributed by atoms with Crippen molar-refractivity contribution >= 4 is 33.2 Å². The number of likely N-dealkylation sites (tertiary alicyclic amines) is 1. The van der Waals surface area contributed by atoms with Crippen LogP contribution >= 0.6 is 11.6 Å². The Morgan fingerprint density at radius 2 is 1.64 bits per heavy atom. The van der Waals surface area contributed by atoms with Gasteiger partial charge in [-0.05, 0) is 78.9 Å². The molecule has 2 N–H and O–H groups in total. The number of hydrogen-bond acceptors (Lipinski definition) is 4. The first-order chi connectivity index (χ1) is 15.7. The molecule has 0 radical (unpaired) electrons. The molecule has 0 aliphatic carbocycles. The molecule has 0 unspecified atom stereocenters. The molecule has 0 spiro atoms. The van der Waals surface area contributed by atoms with E-state index in [1.165, 1.54) is 30.3 Å². The van der Waals surface area contributed by atoms with E-state index in [1.807, 2.05) is 12.1 Å². The van der Waals surface area contributed by atoms with Gasteiger partial charge in [0, 0.05) is 24.3 Å². The zero-order valence-electron chi connectivity index (χ0n) is 17.5. The predicted molar refractivity (Wildman–Crippen MR) is 125 cm³/mol. The maximum absolute atomic E-state index is 13.1. The summed E-state index contributed by atoms with van der Waals surface area (Å²) in [5.74, 6) is -0.253. The topological polar surface area (TPSA) is 86.7 Å². The smallest absolute Gasteiger partial charge is 0.263 e. The van der Waals surface area contributed by atoms with Gasteiger partial charge in [-0.3, -0.25) is 9.52 Å². The average Bonchev–Trinajstić information content (AvgIpc) is 2.81. The lowest BCUT2D eigenvalue weighted by Crippen LogP contribution is -2.38. The number of phenolic OH excluding ortho intramolecular Hbond substituents is 1. The van der Waals surface area contributed by atoms with Crippen molar-refractivity contribution in [1.29, 1.82) is 0 Å². The van der Waals surface area contributed by atoms with Crippen molar-refractivity contribution in [2.75, 3.05) is 17.8 Å². The molecular weight excluding hydrogens is 467 g/mol. The van der Waals surface area contributed by atoms with Gasteiger partial charge >= 0.3 is 0 Å². The van der Waals surface area contributed by atoms with Crippen molar-refractivity contribution in [3.8, 4) is 5.75 Å². The Labute approximate surface area is 196 Å². The largest absolute Gasteiger partial charge is 0.508 e. The summed E-state index contributed by atoms with van der Waals surface area (Å²) in [4.78, 5) is 14.5. The van der Waals surface area contributed by atoms with Gasteiger partial charge in [-0.25, -0.2) is 12.8 Å². The maximum atomic E-state index is 13.1. The molecule has 0 bridgehead atoms. The van der Waals surface area contributed by atoms with E-state index < -0.39 is 15.8 Å². The molecule has 1 aliphatic heterocycles. The molecule has 1 aliphatic rings. The average molecular weight is 489 g/mol. The number of rotatable bonds is 5.